The van der Waals surface area contributed by atoms with Crippen LogP contribution in [0, 0.1) is 13.8 Å². The van der Waals surface area contributed by atoms with Gasteiger partial charge in [-0.2, -0.15) is 0 Å². The monoisotopic (exact) mass is 692 g/mol. The maximum Gasteiger partial charge on any atom is 0.347 e. The molecule has 1 amide bonds. The molecule has 0 bridgehead atoms. The van der Waals surface area contributed by atoms with E-state index in [2.05, 4.69) is 28.2 Å². The Labute approximate surface area is 288 Å². The highest BCUT2D eigenvalue weighted by molar-refractivity contribution is 7.52. The molecule has 49 heavy (non-hydrogen) atoms. The Balaban J connectivity index is 1.36. The van der Waals surface area contributed by atoms with Crippen molar-refractivity contribution in [3.8, 4) is 11.1 Å². The summed E-state index contributed by atoms with van der Waals surface area (Å²) < 4.78 is 23.7. The average molecular weight is 693 g/mol. The van der Waals surface area contributed by atoms with Crippen LogP contribution in [0.4, 0.5) is 5.69 Å². The maximum absolute atomic E-state index is 14.1. The number of rotatable bonds is 10. The minimum absolute atomic E-state index is 0.146. The zero-order chi connectivity index (χ0) is 34.7. The number of hydrogen-bond acceptors (Lipinski definition) is 7. The molecule has 0 saturated carbocycles. The van der Waals surface area contributed by atoms with Gasteiger partial charge in [-0.3, -0.25) is 19.1 Å². The van der Waals surface area contributed by atoms with Gasteiger partial charge < -0.3 is 34.5 Å². The van der Waals surface area contributed by atoms with Crippen LogP contribution in [0.5, 0.6) is 0 Å². The number of amides is 1. The molecular weight excluding hydrogens is 643 g/mol. The number of aromatic amines is 1. The predicted octanol–water partition coefficient (Wildman–Crippen LogP) is 4.98. The summed E-state index contributed by atoms with van der Waals surface area (Å²) in [5.74, 6) is -1.31. The highest BCUT2D eigenvalue weighted by Gasteiger charge is 2.37. The van der Waals surface area contributed by atoms with Gasteiger partial charge in [-0.25, -0.2) is 0 Å². The van der Waals surface area contributed by atoms with Crippen molar-refractivity contribution in [2.75, 3.05) is 51.0 Å². The summed E-state index contributed by atoms with van der Waals surface area (Å²) in [5, 5.41) is 3.09. The number of ether oxygens (including phenoxy) is 2. The van der Waals surface area contributed by atoms with E-state index in [1.807, 2.05) is 32.0 Å². The summed E-state index contributed by atoms with van der Waals surface area (Å²) in [5.41, 5.74) is 8.22. The summed E-state index contributed by atoms with van der Waals surface area (Å²) >= 11 is 0. The van der Waals surface area contributed by atoms with Crippen molar-refractivity contribution in [2.24, 2.45) is 0 Å². The average Bonchev–Trinajstić information content (AvgIpc) is 3.10. The number of carbonyl (C=O) groups excluding carboxylic acids is 1. The van der Waals surface area contributed by atoms with Gasteiger partial charge in [0.05, 0.1) is 13.2 Å². The Hall–Kier alpha value is -3.31. The maximum atomic E-state index is 14.1. The number of nitrogens with zero attached hydrogens (tertiary/aromatic N) is 2. The Morgan fingerprint density at radius 3 is 2.31 bits per heavy atom. The van der Waals surface area contributed by atoms with Crippen LogP contribution in [0.2, 0.25) is 0 Å². The van der Waals surface area contributed by atoms with Gasteiger partial charge in [-0.15, -0.1) is 0 Å². The minimum atomic E-state index is -4.49. The zero-order valence-corrected chi connectivity index (χ0v) is 29.7. The summed E-state index contributed by atoms with van der Waals surface area (Å²) in [6, 6.07) is 11.6. The van der Waals surface area contributed by atoms with Gasteiger partial charge >= 0.3 is 7.60 Å². The first-order valence-corrected chi connectivity index (χ1v) is 19.2. The number of carbonyl (C=O) groups is 1. The van der Waals surface area contributed by atoms with E-state index in [-0.39, 0.29) is 24.1 Å². The first-order valence-electron chi connectivity index (χ1n) is 17.5. The third-order valence-electron chi connectivity index (χ3n) is 10.4. The van der Waals surface area contributed by atoms with E-state index in [1.54, 1.807) is 17.0 Å². The van der Waals surface area contributed by atoms with E-state index in [9.17, 15) is 23.9 Å². The lowest BCUT2D eigenvalue weighted by molar-refractivity contribution is 0.0266. The molecule has 1 aromatic heterocycles. The van der Waals surface area contributed by atoms with Crippen molar-refractivity contribution >= 4 is 19.2 Å². The van der Waals surface area contributed by atoms with Gasteiger partial charge in [0.25, 0.3) is 11.5 Å². The number of benzene rings is 2. The molecule has 6 rings (SSSR count). The summed E-state index contributed by atoms with van der Waals surface area (Å²) in [7, 11) is -4.49. The van der Waals surface area contributed by atoms with E-state index in [0.29, 0.717) is 56.2 Å². The van der Waals surface area contributed by atoms with Gasteiger partial charge in [0.2, 0.25) is 0 Å². The predicted molar refractivity (Wildman–Crippen MR) is 190 cm³/mol. The highest BCUT2D eigenvalue weighted by atomic mass is 31.2. The molecule has 12 heteroatoms. The van der Waals surface area contributed by atoms with Gasteiger partial charge in [-0.1, -0.05) is 24.3 Å². The van der Waals surface area contributed by atoms with E-state index in [4.69, 9.17) is 9.47 Å². The van der Waals surface area contributed by atoms with Crippen molar-refractivity contribution in [2.45, 2.75) is 77.7 Å². The first-order chi connectivity index (χ1) is 23.6. The van der Waals surface area contributed by atoms with E-state index < -0.39 is 13.4 Å². The molecule has 1 unspecified atom stereocenters. The number of aromatic nitrogens is 1. The van der Waals surface area contributed by atoms with Gasteiger partial charge in [0.1, 0.15) is 5.78 Å². The molecule has 2 aromatic carbocycles. The van der Waals surface area contributed by atoms with Crippen molar-refractivity contribution in [3.63, 3.8) is 0 Å². The number of aryl methyl sites for hydroxylation is 1. The molecule has 264 valence electrons. The van der Waals surface area contributed by atoms with Gasteiger partial charge in [0.15, 0.2) is 0 Å². The van der Waals surface area contributed by atoms with Gasteiger partial charge in [0, 0.05) is 67.9 Å². The second-order valence-corrected chi connectivity index (χ2v) is 15.1. The van der Waals surface area contributed by atoms with Crippen LogP contribution in [0.15, 0.2) is 41.2 Å². The number of hydrogen-bond donors (Lipinski definition) is 4. The van der Waals surface area contributed by atoms with E-state index >= 15 is 0 Å². The molecule has 2 fully saturated rings. The van der Waals surface area contributed by atoms with Crippen LogP contribution in [0.3, 0.4) is 0 Å². The van der Waals surface area contributed by atoms with Crippen LogP contribution in [-0.4, -0.2) is 77.7 Å². The standard InChI is InChI=1S/C37H49N4O7P/c1-4-41(29-13-17-47-18-14-29)34-22-28(26-9-11-27(12-10-26)37(49(44,45)46)40-15-19-48-20-16-40)21-32(24(34)2)35(42)38-23-33-31-8-6-5-7-30(31)25(3)39-36(33)43/h9-12,21-22,29,37H,4-8,13-20,23H2,1-3H3,(H,38,42)(H,39,43)(H2,44,45,46). The number of H-pyrrole nitrogens is 1. The lowest BCUT2D eigenvalue weighted by Gasteiger charge is -2.37. The molecule has 0 radical (unpaired) electrons. The van der Waals surface area contributed by atoms with Crippen molar-refractivity contribution < 1.29 is 28.6 Å². The Morgan fingerprint density at radius 2 is 1.65 bits per heavy atom. The lowest BCUT2D eigenvalue weighted by atomic mass is 9.88. The summed E-state index contributed by atoms with van der Waals surface area (Å²) in [6.45, 7) is 10.0. The normalized spacial score (nSPS) is 18.1. The largest absolute Gasteiger partial charge is 0.381 e. The van der Waals surface area contributed by atoms with Crippen molar-refractivity contribution in [1.82, 2.24) is 15.2 Å². The third-order valence-corrected chi connectivity index (χ3v) is 11.7. The number of pyridine rings is 1. The number of anilines is 1. The second-order valence-electron chi connectivity index (χ2n) is 13.4. The third kappa shape index (κ3) is 7.72. The molecule has 11 nitrogen and oxygen atoms in total. The summed E-state index contributed by atoms with van der Waals surface area (Å²) in [6.07, 6.45) is 5.67. The van der Waals surface area contributed by atoms with E-state index in [0.717, 1.165) is 78.7 Å². The SMILES string of the molecule is CCN(c1cc(-c2ccc(C(N3CCOCC3)P(=O)(O)O)cc2)cc(C(=O)NCc2c3c(c(C)[nH]c2=O)CCCC3)c1C)C1CCOCC1. The summed E-state index contributed by atoms with van der Waals surface area (Å²) in [4.78, 5) is 54.9. The molecule has 3 aromatic rings. The Bertz CT molecular complexity index is 1760. The fourth-order valence-corrected chi connectivity index (χ4v) is 9.09. The number of nitrogens with one attached hydrogen (secondary N) is 2. The smallest absolute Gasteiger partial charge is 0.347 e. The second kappa shape index (κ2) is 15.3. The highest BCUT2D eigenvalue weighted by Crippen LogP contribution is 2.54. The quantitative estimate of drug-likeness (QED) is 0.216. The molecule has 0 spiro atoms. The van der Waals surface area contributed by atoms with Crippen LogP contribution < -0.4 is 15.8 Å². The molecule has 3 aliphatic rings. The van der Waals surface area contributed by atoms with Crippen LogP contribution in [-0.2, 0) is 33.4 Å². The molecular formula is C37H49N4O7P. The molecule has 2 saturated heterocycles. The first kappa shape index (κ1) is 35.5. The van der Waals surface area contributed by atoms with Crippen LogP contribution >= 0.6 is 7.60 Å². The van der Waals surface area contributed by atoms with Crippen LogP contribution in [0.25, 0.3) is 11.1 Å². The molecule has 4 N–H and O–H groups in total. The fraction of sp³-hybridized carbons (Fsp3) is 0.514. The molecule has 3 heterocycles. The molecule has 1 aliphatic carbocycles. The lowest BCUT2D eigenvalue weighted by Crippen LogP contribution is -2.40. The minimum Gasteiger partial charge on any atom is -0.381 e. The van der Waals surface area contributed by atoms with Crippen LogP contribution in [0.1, 0.15) is 82.3 Å². The van der Waals surface area contributed by atoms with Gasteiger partial charge in [-0.05, 0) is 105 Å². The number of morpholine rings is 1. The van der Waals surface area contributed by atoms with E-state index in [1.165, 1.54) is 5.56 Å². The zero-order valence-electron chi connectivity index (χ0n) is 28.8. The van der Waals surface area contributed by atoms with Crippen molar-refractivity contribution in [1.29, 1.82) is 0 Å². The molecule has 1 atom stereocenters. The number of fused-ring (bicyclic) bond motifs is 1. The van der Waals surface area contributed by atoms with Crippen molar-refractivity contribution in [3.05, 3.63) is 85.8 Å². The fourth-order valence-electron chi connectivity index (χ4n) is 7.87. The topological polar surface area (TPSA) is 144 Å². The molecule has 2 aliphatic heterocycles. The Kier molecular flexibility index (Phi) is 11.1. The Morgan fingerprint density at radius 1 is 1.00 bits per heavy atom.